The van der Waals surface area contributed by atoms with Crippen molar-refractivity contribution < 1.29 is 9.59 Å². The van der Waals surface area contributed by atoms with Gasteiger partial charge in [-0.1, -0.05) is 11.3 Å². The van der Waals surface area contributed by atoms with E-state index in [-0.39, 0.29) is 10.8 Å². The number of hydrogen-bond acceptors (Lipinski definition) is 5. The molecule has 0 aliphatic heterocycles. The predicted molar refractivity (Wildman–Crippen MR) is 87.1 cm³/mol. The van der Waals surface area contributed by atoms with Crippen LogP contribution in [0.25, 0.3) is 0 Å². The Morgan fingerprint density at radius 2 is 1.95 bits per heavy atom. The van der Waals surface area contributed by atoms with Crippen LogP contribution in [0.3, 0.4) is 0 Å². The number of primary amides is 1. The van der Waals surface area contributed by atoms with E-state index >= 15 is 0 Å². The lowest BCUT2D eigenvalue weighted by Crippen LogP contribution is -2.18. The lowest BCUT2D eigenvalue weighted by Gasteiger charge is -2.11. The molecule has 3 rings (SSSR count). The molecule has 0 bridgehead atoms. The number of carbonyl (C=O) groups excluding carboxylic acids is 2. The van der Waals surface area contributed by atoms with Gasteiger partial charge in [0.1, 0.15) is 9.88 Å². The van der Waals surface area contributed by atoms with E-state index < -0.39 is 5.91 Å². The molecule has 4 N–H and O–H groups in total. The number of aromatic nitrogens is 1. The number of fused-ring (bicyclic) bond motifs is 1. The van der Waals surface area contributed by atoms with Gasteiger partial charge >= 0.3 is 4.87 Å². The first-order valence-electron chi connectivity index (χ1n) is 6.92. The number of thiophene rings is 1. The number of H-pyrrole nitrogens is 1. The number of aromatic amines is 1. The van der Waals surface area contributed by atoms with Gasteiger partial charge in [0.05, 0.1) is 5.56 Å². The van der Waals surface area contributed by atoms with Crippen LogP contribution in [0.5, 0.6) is 0 Å². The Hall–Kier alpha value is -1.93. The van der Waals surface area contributed by atoms with E-state index in [9.17, 15) is 14.4 Å². The number of aryl methyl sites for hydroxylation is 2. The molecule has 2 heterocycles. The number of amides is 2. The monoisotopic (exact) mass is 337 g/mol. The molecule has 116 valence electrons. The van der Waals surface area contributed by atoms with Crippen LogP contribution in [0, 0.1) is 6.92 Å². The summed E-state index contributed by atoms with van der Waals surface area (Å²) in [5.74, 6) is -0.907. The summed E-state index contributed by atoms with van der Waals surface area (Å²) >= 11 is 2.27. The zero-order chi connectivity index (χ0) is 15.9. The fraction of sp³-hybridized carbons (Fsp3) is 0.357. The minimum Gasteiger partial charge on any atom is -0.365 e. The number of nitrogens with one attached hydrogen (secondary N) is 2. The van der Waals surface area contributed by atoms with Crippen molar-refractivity contribution in [1.29, 1.82) is 0 Å². The Morgan fingerprint density at radius 1 is 1.23 bits per heavy atom. The molecule has 0 radical (unpaired) electrons. The summed E-state index contributed by atoms with van der Waals surface area (Å²) in [6, 6.07) is 0. The molecule has 2 aromatic heterocycles. The molecular weight excluding hydrogens is 322 g/mol. The molecule has 2 amide bonds. The number of nitrogens with two attached hydrogens (primary N) is 1. The van der Waals surface area contributed by atoms with Crippen LogP contribution in [-0.2, 0) is 12.8 Å². The van der Waals surface area contributed by atoms with E-state index in [1.54, 1.807) is 6.92 Å². The summed E-state index contributed by atoms with van der Waals surface area (Å²) in [6.07, 6.45) is 3.83. The Morgan fingerprint density at radius 3 is 2.59 bits per heavy atom. The van der Waals surface area contributed by atoms with E-state index in [0.29, 0.717) is 21.1 Å². The Labute approximate surface area is 134 Å². The minimum atomic E-state index is -0.520. The molecule has 0 unspecified atom stereocenters. The van der Waals surface area contributed by atoms with Crippen molar-refractivity contribution in [1.82, 2.24) is 4.98 Å². The SMILES string of the molecule is Cc1[nH]c(=O)sc1C(=O)Nc1sc2c(c1C(N)=O)CCCC2. The number of carbonyl (C=O) groups is 2. The van der Waals surface area contributed by atoms with Crippen molar-refractivity contribution in [2.75, 3.05) is 5.32 Å². The predicted octanol–water partition coefficient (Wildman–Crippen LogP) is 2.04. The van der Waals surface area contributed by atoms with Crippen LogP contribution in [0.1, 0.15) is 49.0 Å². The molecule has 6 nitrogen and oxygen atoms in total. The summed E-state index contributed by atoms with van der Waals surface area (Å²) < 4.78 is 0. The largest absolute Gasteiger partial charge is 0.365 e. The highest BCUT2D eigenvalue weighted by atomic mass is 32.1. The van der Waals surface area contributed by atoms with Crippen LogP contribution >= 0.6 is 22.7 Å². The third kappa shape index (κ3) is 2.59. The summed E-state index contributed by atoms with van der Waals surface area (Å²) in [5.41, 5.74) is 7.41. The van der Waals surface area contributed by atoms with Crippen LogP contribution in [0.2, 0.25) is 0 Å². The standard InChI is InChI=1S/C14H15N3O3S2/c1-6-10(22-14(20)16-6)12(19)17-13-9(11(15)18)7-4-2-3-5-8(7)21-13/h2-5H2,1H3,(H2,15,18)(H,16,20)(H,17,19). The van der Waals surface area contributed by atoms with Crippen molar-refractivity contribution in [2.45, 2.75) is 32.6 Å². The minimum absolute atomic E-state index is 0.275. The molecule has 0 fully saturated rings. The van der Waals surface area contributed by atoms with Gasteiger partial charge in [-0.25, -0.2) is 0 Å². The highest BCUT2D eigenvalue weighted by Crippen LogP contribution is 2.38. The molecule has 0 aromatic carbocycles. The molecule has 1 aliphatic rings. The normalized spacial score (nSPS) is 13.7. The van der Waals surface area contributed by atoms with Gasteiger partial charge in [-0.15, -0.1) is 11.3 Å². The first-order valence-corrected chi connectivity index (χ1v) is 8.56. The molecule has 0 saturated carbocycles. The van der Waals surface area contributed by atoms with Gasteiger partial charge in [0.2, 0.25) is 0 Å². The van der Waals surface area contributed by atoms with Crippen molar-refractivity contribution >= 4 is 39.5 Å². The summed E-state index contributed by atoms with van der Waals surface area (Å²) in [7, 11) is 0. The van der Waals surface area contributed by atoms with E-state index in [2.05, 4.69) is 10.3 Å². The van der Waals surface area contributed by atoms with Crippen molar-refractivity contribution in [3.8, 4) is 0 Å². The van der Waals surface area contributed by atoms with Gasteiger partial charge in [-0.2, -0.15) is 0 Å². The summed E-state index contributed by atoms with van der Waals surface area (Å²) in [4.78, 5) is 39.2. The lowest BCUT2D eigenvalue weighted by molar-refractivity contribution is 0.100. The molecule has 2 aromatic rings. The van der Waals surface area contributed by atoms with Crippen LogP contribution in [0.15, 0.2) is 4.79 Å². The van der Waals surface area contributed by atoms with E-state index in [1.165, 1.54) is 11.3 Å². The van der Waals surface area contributed by atoms with Crippen molar-refractivity contribution in [2.24, 2.45) is 5.73 Å². The smallest absolute Gasteiger partial charge is 0.305 e. The van der Waals surface area contributed by atoms with Crippen molar-refractivity contribution in [3.05, 3.63) is 36.2 Å². The number of anilines is 1. The highest BCUT2D eigenvalue weighted by Gasteiger charge is 2.25. The van der Waals surface area contributed by atoms with Crippen molar-refractivity contribution in [3.63, 3.8) is 0 Å². The van der Waals surface area contributed by atoms with Crippen LogP contribution < -0.4 is 15.9 Å². The van der Waals surface area contributed by atoms with Crippen LogP contribution in [-0.4, -0.2) is 16.8 Å². The topological polar surface area (TPSA) is 105 Å². The van der Waals surface area contributed by atoms with Gasteiger partial charge < -0.3 is 16.0 Å². The number of rotatable bonds is 3. The maximum atomic E-state index is 12.3. The average molecular weight is 337 g/mol. The van der Waals surface area contributed by atoms with E-state index in [1.807, 2.05) is 0 Å². The Kier molecular flexibility index (Phi) is 3.88. The third-order valence-electron chi connectivity index (χ3n) is 3.68. The third-order valence-corrected chi connectivity index (χ3v) is 5.87. The molecule has 0 saturated heterocycles. The second-order valence-electron chi connectivity index (χ2n) is 5.20. The summed E-state index contributed by atoms with van der Waals surface area (Å²) in [6.45, 7) is 1.67. The van der Waals surface area contributed by atoms with Gasteiger partial charge in [-0.05, 0) is 38.2 Å². The number of thiazole rings is 1. The average Bonchev–Trinajstić information content (AvgIpc) is 2.97. The van der Waals surface area contributed by atoms with Crippen LogP contribution in [0.4, 0.5) is 5.00 Å². The van der Waals surface area contributed by atoms with Gasteiger partial charge in [0, 0.05) is 10.6 Å². The molecular formula is C14H15N3O3S2. The highest BCUT2D eigenvalue weighted by molar-refractivity contribution is 7.17. The Balaban J connectivity index is 1.97. The molecule has 22 heavy (non-hydrogen) atoms. The second-order valence-corrected chi connectivity index (χ2v) is 7.29. The van der Waals surface area contributed by atoms with Gasteiger partial charge in [0.25, 0.3) is 11.8 Å². The molecule has 0 atom stereocenters. The number of hydrogen-bond donors (Lipinski definition) is 3. The Bertz CT molecular complexity index is 816. The molecule has 0 spiro atoms. The maximum Gasteiger partial charge on any atom is 0.305 e. The lowest BCUT2D eigenvalue weighted by atomic mass is 9.95. The molecule has 8 heteroatoms. The maximum absolute atomic E-state index is 12.3. The first kappa shape index (κ1) is 15.0. The zero-order valence-corrected chi connectivity index (χ0v) is 13.6. The first-order chi connectivity index (χ1) is 10.5. The summed E-state index contributed by atoms with van der Waals surface area (Å²) in [5, 5.41) is 3.24. The van der Waals surface area contributed by atoms with Gasteiger partial charge in [0.15, 0.2) is 0 Å². The second kappa shape index (κ2) is 5.69. The van der Waals surface area contributed by atoms with E-state index in [0.717, 1.165) is 47.5 Å². The van der Waals surface area contributed by atoms with E-state index in [4.69, 9.17) is 5.73 Å². The van der Waals surface area contributed by atoms with Gasteiger partial charge in [-0.3, -0.25) is 14.4 Å². The quantitative estimate of drug-likeness (QED) is 0.798. The molecule has 1 aliphatic carbocycles. The fourth-order valence-electron chi connectivity index (χ4n) is 2.70. The fourth-order valence-corrected chi connectivity index (χ4v) is 4.72. The zero-order valence-electron chi connectivity index (χ0n) is 11.9.